The predicted octanol–water partition coefficient (Wildman–Crippen LogP) is 0.0954. The van der Waals surface area contributed by atoms with Crippen LogP contribution in [0.2, 0.25) is 0 Å². The fourth-order valence-electron chi connectivity index (χ4n) is 1.92. The Balaban J connectivity index is 2.47. The van der Waals surface area contributed by atoms with Gasteiger partial charge in [-0.2, -0.15) is 0 Å². The monoisotopic (exact) mass is 251 g/mol. The van der Waals surface area contributed by atoms with Gasteiger partial charge in [-0.25, -0.2) is 0 Å². The quantitative estimate of drug-likeness (QED) is 0.484. The third-order valence-corrected chi connectivity index (χ3v) is 3.57. The summed E-state index contributed by atoms with van der Waals surface area (Å²) in [6.45, 7) is 2.64. The topological polar surface area (TPSA) is 95.9 Å². The lowest BCUT2D eigenvalue weighted by Crippen LogP contribution is -2.45. The average molecular weight is 251 g/mol. The molecule has 0 aromatic rings. The van der Waals surface area contributed by atoms with E-state index in [-0.39, 0.29) is 18.0 Å². The summed E-state index contributed by atoms with van der Waals surface area (Å²) in [6.07, 6.45) is 0.968. The van der Waals surface area contributed by atoms with E-state index in [1.807, 2.05) is 0 Å². The van der Waals surface area contributed by atoms with Crippen LogP contribution in [-0.4, -0.2) is 41.1 Å². The molecule has 1 rings (SSSR count). The van der Waals surface area contributed by atoms with Crippen LogP contribution in [0, 0.1) is 5.92 Å². The Kier molecular flexibility index (Phi) is 4.92. The smallest absolute Gasteiger partial charge is 0.325 e. The molecular formula is C9H18NO5P. The summed E-state index contributed by atoms with van der Waals surface area (Å²) in [5.74, 6) is -0.450. The van der Waals surface area contributed by atoms with Gasteiger partial charge in [-0.15, -0.1) is 0 Å². The number of nitrogens with one attached hydrogen (secondary N) is 1. The van der Waals surface area contributed by atoms with Crippen molar-refractivity contribution >= 4 is 13.6 Å². The second-order valence-corrected chi connectivity index (χ2v) is 5.69. The average Bonchev–Trinajstić information content (AvgIpc) is 2.16. The van der Waals surface area contributed by atoms with Crippen LogP contribution in [0.15, 0.2) is 0 Å². The van der Waals surface area contributed by atoms with Crippen LogP contribution in [0.1, 0.15) is 19.8 Å². The summed E-state index contributed by atoms with van der Waals surface area (Å²) < 4.78 is 15.7. The van der Waals surface area contributed by atoms with Gasteiger partial charge in [0.1, 0.15) is 6.04 Å². The van der Waals surface area contributed by atoms with Gasteiger partial charge in [-0.1, -0.05) is 0 Å². The van der Waals surface area contributed by atoms with Crippen LogP contribution < -0.4 is 5.32 Å². The third kappa shape index (κ3) is 4.61. The summed E-state index contributed by atoms with van der Waals surface area (Å²) in [5, 5.41) is 2.99. The van der Waals surface area contributed by atoms with Gasteiger partial charge in [0.15, 0.2) is 0 Å². The minimum Gasteiger partial charge on any atom is -0.465 e. The Morgan fingerprint density at radius 3 is 2.81 bits per heavy atom. The van der Waals surface area contributed by atoms with Crippen LogP contribution >= 0.6 is 7.60 Å². The Morgan fingerprint density at radius 1 is 1.56 bits per heavy atom. The van der Waals surface area contributed by atoms with Gasteiger partial charge in [0, 0.05) is 0 Å². The van der Waals surface area contributed by atoms with E-state index in [9.17, 15) is 9.36 Å². The molecule has 0 aliphatic carbocycles. The molecule has 3 N–H and O–H groups in total. The van der Waals surface area contributed by atoms with Gasteiger partial charge in [0.2, 0.25) is 0 Å². The molecule has 0 radical (unpaired) electrons. The molecule has 1 saturated heterocycles. The van der Waals surface area contributed by atoms with E-state index in [0.717, 1.165) is 0 Å². The van der Waals surface area contributed by atoms with Crippen molar-refractivity contribution in [3.63, 3.8) is 0 Å². The van der Waals surface area contributed by atoms with Crippen molar-refractivity contribution in [2.75, 3.05) is 19.3 Å². The number of piperidine rings is 1. The number of ether oxygens (including phenoxy) is 1. The summed E-state index contributed by atoms with van der Waals surface area (Å²) in [4.78, 5) is 29.2. The molecule has 7 heteroatoms. The summed E-state index contributed by atoms with van der Waals surface area (Å²) in [5.41, 5.74) is 0. The number of rotatable bonds is 4. The maximum Gasteiger partial charge on any atom is 0.325 e. The molecular weight excluding hydrogens is 233 g/mol. The minimum atomic E-state index is -3.99. The predicted molar refractivity (Wildman–Crippen MR) is 58.1 cm³/mol. The standard InChI is InChI=1S/C9H18NO5P/c1-2-15-9(11)8-5-7(3-4-10-8)6-16(12,13)14/h7-8,10H,2-6H2,1H3,(H2,12,13,14). The molecule has 1 fully saturated rings. The molecule has 1 aliphatic rings. The lowest BCUT2D eigenvalue weighted by molar-refractivity contribution is -0.146. The fraction of sp³-hybridized carbons (Fsp3) is 0.889. The molecule has 16 heavy (non-hydrogen) atoms. The number of carbonyl (C=O) groups is 1. The summed E-state index contributed by atoms with van der Waals surface area (Å²) in [6, 6.07) is -0.426. The van der Waals surface area contributed by atoms with Gasteiger partial charge in [-0.05, 0) is 32.2 Å². The normalized spacial score (nSPS) is 26.4. The molecule has 6 nitrogen and oxygen atoms in total. The first-order valence-corrected chi connectivity index (χ1v) is 7.16. The summed E-state index contributed by atoms with van der Waals surface area (Å²) in [7, 11) is -3.99. The SMILES string of the molecule is CCOC(=O)C1CC(CP(=O)(O)O)CCN1. The van der Waals surface area contributed by atoms with Crippen molar-refractivity contribution in [3.05, 3.63) is 0 Å². The highest BCUT2D eigenvalue weighted by Crippen LogP contribution is 2.39. The van der Waals surface area contributed by atoms with Crippen molar-refractivity contribution in [1.82, 2.24) is 5.32 Å². The van der Waals surface area contributed by atoms with Crippen LogP contribution in [0.4, 0.5) is 0 Å². The number of carbonyl (C=O) groups excluding carboxylic acids is 1. The van der Waals surface area contributed by atoms with E-state index < -0.39 is 13.6 Å². The van der Waals surface area contributed by atoms with E-state index in [0.29, 0.717) is 26.0 Å². The van der Waals surface area contributed by atoms with Gasteiger partial charge < -0.3 is 19.8 Å². The van der Waals surface area contributed by atoms with Crippen LogP contribution in [-0.2, 0) is 14.1 Å². The second kappa shape index (κ2) is 5.77. The Bertz CT molecular complexity index is 290. The van der Waals surface area contributed by atoms with Crippen LogP contribution in [0.3, 0.4) is 0 Å². The zero-order chi connectivity index (χ0) is 12.2. The van der Waals surface area contributed by atoms with E-state index in [1.54, 1.807) is 6.92 Å². The van der Waals surface area contributed by atoms with Gasteiger partial charge >= 0.3 is 13.6 Å². The molecule has 0 aromatic carbocycles. The molecule has 1 heterocycles. The lowest BCUT2D eigenvalue weighted by Gasteiger charge is -2.28. The van der Waals surface area contributed by atoms with E-state index in [1.165, 1.54) is 0 Å². The highest BCUT2D eigenvalue weighted by Gasteiger charge is 2.31. The summed E-state index contributed by atoms with van der Waals surface area (Å²) >= 11 is 0. The van der Waals surface area contributed by atoms with Crippen molar-refractivity contribution in [3.8, 4) is 0 Å². The number of hydrogen-bond donors (Lipinski definition) is 3. The molecule has 94 valence electrons. The van der Waals surface area contributed by atoms with Crippen molar-refractivity contribution in [2.45, 2.75) is 25.8 Å². The van der Waals surface area contributed by atoms with E-state index in [2.05, 4.69) is 5.32 Å². The largest absolute Gasteiger partial charge is 0.465 e. The maximum absolute atomic E-state index is 11.4. The Morgan fingerprint density at radius 2 is 2.25 bits per heavy atom. The van der Waals surface area contributed by atoms with Crippen molar-refractivity contribution in [1.29, 1.82) is 0 Å². The first kappa shape index (κ1) is 13.6. The molecule has 0 aromatic heterocycles. The molecule has 0 bridgehead atoms. The van der Waals surface area contributed by atoms with Crippen molar-refractivity contribution in [2.24, 2.45) is 5.92 Å². The highest BCUT2D eigenvalue weighted by molar-refractivity contribution is 7.51. The molecule has 2 atom stereocenters. The molecule has 0 amide bonds. The number of hydrogen-bond acceptors (Lipinski definition) is 4. The fourth-order valence-corrected chi connectivity index (χ4v) is 2.93. The highest BCUT2D eigenvalue weighted by atomic mass is 31.2. The van der Waals surface area contributed by atoms with Gasteiger partial charge in [0.25, 0.3) is 0 Å². The van der Waals surface area contributed by atoms with Crippen LogP contribution in [0.5, 0.6) is 0 Å². The Labute approximate surface area is 94.5 Å². The molecule has 0 spiro atoms. The number of esters is 1. The third-order valence-electron chi connectivity index (χ3n) is 2.58. The Hall–Kier alpha value is -0.420. The second-order valence-electron chi connectivity index (χ2n) is 4.00. The first-order chi connectivity index (χ1) is 7.42. The van der Waals surface area contributed by atoms with Gasteiger partial charge in [0.05, 0.1) is 12.8 Å². The minimum absolute atomic E-state index is 0.114. The van der Waals surface area contributed by atoms with Gasteiger partial charge in [-0.3, -0.25) is 9.36 Å². The first-order valence-electron chi connectivity index (χ1n) is 5.37. The lowest BCUT2D eigenvalue weighted by atomic mass is 9.94. The molecule has 2 unspecified atom stereocenters. The maximum atomic E-state index is 11.4. The zero-order valence-corrected chi connectivity index (χ0v) is 10.2. The van der Waals surface area contributed by atoms with Crippen LogP contribution in [0.25, 0.3) is 0 Å². The van der Waals surface area contributed by atoms with E-state index >= 15 is 0 Å². The van der Waals surface area contributed by atoms with E-state index in [4.69, 9.17) is 14.5 Å². The zero-order valence-electron chi connectivity index (χ0n) is 9.26. The molecule has 0 saturated carbocycles. The van der Waals surface area contributed by atoms with Crippen molar-refractivity contribution < 1.29 is 23.9 Å². The molecule has 1 aliphatic heterocycles.